The van der Waals surface area contributed by atoms with E-state index in [2.05, 4.69) is 15.4 Å². The van der Waals surface area contributed by atoms with Crippen LogP contribution in [0.25, 0.3) is 5.69 Å². The molecule has 1 N–H and O–H groups in total. The van der Waals surface area contributed by atoms with Crippen LogP contribution in [0.1, 0.15) is 36.1 Å². The molecule has 4 rings (SSSR count). The number of unbranched alkanes of at least 4 members (excludes halogenated alkanes) is 2. The molecule has 0 amide bonds. The molecule has 0 radical (unpaired) electrons. The van der Waals surface area contributed by atoms with Gasteiger partial charge in [-0.25, -0.2) is 0 Å². The van der Waals surface area contributed by atoms with Gasteiger partial charge in [0.2, 0.25) is 0 Å². The Kier molecular flexibility index (Phi) is 6.90. The Morgan fingerprint density at radius 3 is 2.35 bits per heavy atom. The van der Waals surface area contributed by atoms with Gasteiger partial charge in [0.25, 0.3) is 5.56 Å². The summed E-state index contributed by atoms with van der Waals surface area (Å²) in [5, 5.41) is 10.6. The van der Waals surface area contributed by atoms with E-state index < -0.39 is 0 Å². The van der Waals surface area contributed by atoms with Crippen LogP contribution in [0.5, 0.6) is 5.75 Å². The van der Waals surface area contributed by atoms with E-state index in [1.807, 2.05) is 72.9 Å². The molecule has 6 nitrogen and oxygen atoms in total. The zero-order valence-corrected chi connectivity index (χ0v) is 17.4. The number of hydrogen-bond acceptors (Lipinski definition) is 4. The van der Waals surface area contributed by atoms with E-state index in [1.54, 1.807) is 10.8 Å². The van der Waals surface area contributed by atoms with Crippen molar-refractivity contribution in [3.8, 4) is 11.4 Å². The number of benzene rings is 2. The van der Waals surface area contributed by atoms with Crippen molar-refractivity contribution in [2.24, 2.45) is 0 Å². The molecule has 0 unspecified atom stereocenters. The highest BCUT2D eigenvalue weighted by Gasteiger charge is 2.13. The molecule has 0 spiro atoms. The largest absolute Gasteiger partial charge is 0.483 e. The number of pyridine rings is 1. The monoisotopic (exact) mass is 414 g/mol. The van der Waals surface area contributed by atoms with Crippen molar-refractivity contribution in [2.45, 2.75) is 38.7 Å². The number of hydrogen-bond donors (Lipinski definition) is 1. The predicted octanol–water partition coefficient (Wildman–Crippen LogP) is 4.49. The molecular weight excluding hydrogens is 388 g/mol. The first kappa shape index (κ1) is 20.6. The second-order valence-corrected chi connectivity index (χ2v) is 7.48. The van der Waals surface area contributed by atoms with Crippen molar-refractivity contribution < 1.29 is 4.74 Å². The first-order valence-electron chi connectivity index (χ1n) is 10.6. The highest BCUT2D eigenvalue weighted by atomic mass is 16.5. The third kappa shape index (κ3) is 5.48. The number of rotatable bonds is 10. The standard InChI is InChI=1S/C25H26N4O2/c30-25-24(31-19-20-10-4-1-5-11-20)21(12-6-2-7-13-22-18-26-28-27-22)16-17-29(25)23-14-8-3-9-15-23/h1,3-5,8-11,14-18H,2,6-7,12-13,19H2,(H,26,27,28). The Bertz CT molecular complexity index is 1120. The fraction of sp³-hybridized carbons (Fsp3) is 0.240. The summed E-state index contributed by atoms with van der Waals surface area (Å²) in [6.07, 6.45) is 8.38. The normalized spacial score (nSPS) is 10.8. The lowest BCUT2D eigenvalue weighted by molar-refractivity contribution is 0.297. The fourth-order valence-corrected chi connectivity index (χ4v) is 3.57. The van der Waals surface area contributed by atoms with Gasteiger partial charge in [0.15, 0.2) is 5.75 Å². The molecular formula is C25H26N4O2. The maximum absolute atomic E-state index is 13.3. The minimum atomic E-state index is -0.123. The molecule has 0 fully saturated rings. The van der Waals surface area contributed by atoms with Crippen LogP contribution < -0.4 is 10.3 Å². The average Bonchev–Trinajstić information content (AvgIpc) is 3.33. The molecule has 0 atom stereocenters. The van der Waals surface area contributed by atoms with Crippen molar-refractivity contribution in [3.05, 3.63) is 106 Å². The van der Waals surface area contributed by atoms with Gasteiger partial charge in [-0.2, -0.15) is 15.4 Å². The molecule has 0 aliphatic rings. The SMILES string of the molecule is O=c1c(OCc2ccccc2)c(CCCCCc2cn[nH]n2)ccn1-c1ccccc1. The summed E-state index contributed by atoms with van der Waals surface area (Å²) < 4.78 is 7.72. The lowest BCUT2D eigenvalue weighted by Gasteiger charge is -2.14. The highest BCUT2D eigenvalue weighted by molar-refractivity contribution is 5.38. The number of para-hydroxylation sites is 1. The van der Waals surface area contributed by atoms with Crippen LogP contribution in [0.3, 0.4) is 0 Å². The average molecular weight is 415 g/mol. The lowest BCUT2D eigenvalue weighted by Crippen LogP contribution is -2.21. The van der Waals surface area contributed by atoms with Gasteiger partial charge in [-0.1, -0.05) is 55.0 Å². The summed E-state index contributed by atoms with van der Waals surface area (Å²) in [5.41, 5.74) is 3.68. The number of nitrogens with zero attached hydrogens (tertiary/aromatic N) is 3. The molecule has 2 aromatic heterocycles. The summed E-state index contributed by atoms with van der Waals surface area (Å²) >= 11 is 0. The molecule has 0 aliphatic heterocycles. The van der Waals surface area contributed by atoms with Gasteiger partial charge in [-0.3, -0.25) is 9.36 Å². The van der Waals surface area contributed by atoms with E-state index in [-0.39, 0.29) is 5.56 Å². The smallest absolute Gasteiger partial charge is 0.297 e. The zero-order chi connectivity index (χ0) is 21.3. The molecule has 0 aliphatic carbocycles. The third-order valence-electron chi connectivity index (χ3n) is 5.23. The van der Waals surface area contributed by atoms with Crippen molar-refractivity contribution in [3.63, 3.8) is 0 Å². The molecule has 158 valence electrons. The van der Waals surface area contributed by atoms with Gasteiger partial charge < -0.3 is 4.74 Å². The second kappa shape index (κ2) is 10.4. The number of nitrogens with one attached hydrogen (secondary N) is 1. The third-order valence-corrected chi connectivity index (χ3v) is 5.23. The van der Waals surface area contributed by atoms with Crippen molar-refractivity contribution in [2.75, 3.05) is 0 Å². The van der Waals surface area contributed by atoms with Crippen molar-refractivity contribution in [1.82, 2.24) is 20.0 Å². The molecule has 4 aromatic rings. The summed E-state index contributed by atoms with van der Waals surface area (Å²) in [6, 6.07) is 21.6. The number of ether oxygens (including phenoxy) is 1. The van der Waals surface area contributed by atoms with E-state index in [0.29, 0.717) is 12.4 Å². The Balaban J connectivity index is 1.48. The van der Waals surface area contributed by atoms with Gasteiger partial charge in [0.05, 0.1) is 11.9 Å². The van der Waals surface area contributed by atoms with Crippen molar-refractivity contribution >= 4 is 0 Å². The van der Waals surface area contributed by atoms with E-state index in [4.69, 9.17) is 4.74 Å². The molecule has 6 heteroatoms. The van der Waals surface area contributed by atoms with E-state index in [1.165, 1.54) is 0 Å². The fourth-order valence-electron chi connectivity index (χ4n) is 3.57. The van der Waals surface area contributed by atoms with Gasteiger partial charge >= 0.3 is 0 Å². The quantitative estimate of drug-likeness (QED) is 0.388. The Morgan fingerprint density at radius 2 is 1.61 bits per heavy atom. The summed E-state index contributed by atoms with van der Waals surface area (Å²) in [5.74, 6) is 0.437. The van der Waals surface area contributed by atoms with Crippen molar-refractivity contribution in [1.29, 1.82) is 0 Å². The van der Waals surface area contributed by atoms with E-state index in [9.17, 15) is 4.79 Å². The molecule has 0 bridgehead atoms. The Hall–Kier alpha value is -3.67. The van der Waals surface area contributed by atoms with Crippen LogP contribution in [0.15, 0.2) is 83.9 Å². The first-order valence-corrected chi connectivity index (χ1v) is 10.6. The maximum atomic E-state index is 13.3. The number of aryl methyl sites for hydroxylation is 2. The lowest BCUT2D eigenvalue weighted by atomic mass is 10.1. The summed E-state index contributed by atoms with van der Waals surface area (Å²) in [7, 11) is 0. The molecule has 2 heterocycles. The molecule has 31 heavy (non-hydrogen) atoms. The minimum absolute atomic E-state index is 0.123. The van der Waals surface area contributed by atoms with Crippen LogP contribution >= 0.6 is 0 Å². The van der Waals surface area contributed by atoms with Crippen LogP contribution in [0.2, 0.25) is 0 Å². The van der Waals surface area contributed by atoms with Gasteiger partial charge in [-0.15, -0.1) is 0 Å². The molecule has 2 aromatic carbocycles. The van der Waals surface area contributed by atoms with E-state index >= 15 is 0 Å². The Morgan fingerprint density at radius 1 is 0.871 bits per heavy atom. The van der Waals surface area contributed by atoms with Crippen LogP contribution in [0.4, 0.5) is 0 Å². The van der Waals surface area contributed by atoms with Gasteiger partial charge in [0, 0.05) is 17.4 Å². The van der Waals surface area contributed by atoms with Crippen LogP contribution in [0, 0.1) is 0 Å². The second-order valence-electron chi connectivity index (χ2n) is 7.48. The topological polar surface area (TPSA) is 72.8 Å². The van der Waals surface area contributed by atoms with Crippen LogP contribution in [-0.2, 0) is 19.4 Å². The minimum Gasteiger partial charge on any atom is -0.483 e. The zero-order valence-electron chi connectivity index (χ0n) is 17.4. The summed E-state index contributed by atoms with van der Waals surface area (Å²) in [4.78, 5) is 13.3. The van der Waals surface area contributed by atoms with Crippen LogP contribution in [-0.4, -0.2) is 20.0 Å². The predicted molar refractivity (Wildman–Crippen MR) is 120 cm³/mol. The number of aromatic nitrogens is 4. The molecule has 0 saturated carbocycles. The highest BCUT2D eigenvalue weighted by Crippen LogP contribution is 2.20. The Labute approximate surface area is 181 Å². The number of aromatic amines is 1. The van der Waals surface area contributed by atoms with Gasteiger partial charge in [0.1, 0.15) is 6.61 Å². The number of H-pyrrole nitrogens is 1. The summed E-state index contributed by atoms with van der Waals surface area (Å²) in [6.45, 7) is 0.369. The first-order chi connectivity index (χ1) is 15.3. The van der Waals surface area contributed by atoms with E-state index in [0.717, 1.165) is 54.6 Å². The molecule has 0 saturated heterocycles. The maximum Gasteiger partial charge on any atom is 0.297 e. The van der Waals surface area contributed by atoms with Gasteiger partial charge in [-0.05, 0) is 49.4 Å².